The van der Waals surface area contributed by atoms with Gasteiger partial charge in [-0.2, -0.15) is 4.39 Å². The molecule has 0 fully saturated rings. The highest BCUT2D eigenvalue weighted by Crippen LogP contribution is 2.17. The Kier molecular flexibility index (Phi) is 5.34. The molecule has 2 N–H and O–H groups in total. The average molecular weight is 272 g/mol. The van der Waals surface area contributed by atoms with E-state index in [1.807, 2.05) is 0 Å². The lowest BCUT2D eigenvalue weighted by molar-refractivity contribution is -0.387. The van der Waals surface area contributed by atoms with Crippen LogP contribution < -0.4 is 5.32 Å². The normalized spacial score (nSPS) is 11.9. The Labute approximate surface area is 108 Å². The van der Waals surface area contributed by atoms with E-state index in [1.165, 1.54) is 7.11 Å². The molecule has 1 aromatic rings. The Hall–Kier alpha value is -2.06. The number of hydrogen-bond donors (Lipinski definition) is 2. The van der Waals surface area contributed by atoms with Gasteiger partial charge in [0.2, 0.25) is 5.82 Å². The molecule has 0 bridgehead atoms. The number of nitrogens with one attached hydrogen (secondary N) is 1. The molecule has 0 aliphatic heterocycles. The Balaban J connectivity index is 2.83. The van der Waals surface area contributed by atoms with Gasteiger partial charge in [-0.1, -0.05) is 0 Å². The monoisotopic (exact) mass is 272 g/mol. The molecule has 19 heavy (non-hydrogen) atoms. The van der Waals surface area contributed by atoms with Crippen LogP contribution in [0.4, 0.5) is 10.1 Å². The molecule has 8 heteroatoms. The van der Waals surface area contributed by atoms with Crippen LogP contribution in [0.25, 0.3) is 0 Å². The molecule has 0 heterocycles. The summed E-state index contributed by atoms with van der Waals surface area (Å²) in [6.07, 6.45) is 0. The average Bonchev–Trinajstić information content (AvgIpc) is 2.37. The maximum atomic E-state index is 13.3. The zero-order valence-electron chi connectivity index (χ0n) is 10.1. The molecule has 1 aromatic carbocycles. The number of hydrogen-bond acceptors (Lipinski definition) is 5. The van der Waals surface area contributed by atoms with Crippen molar-refractivity contribution < 1.29 is 24.0 Å². The fourth-order valence-corrected chi connectivity index (χ4v) is 1.41. The van der Waals surface area contributed by atoms with Crippen LogP contribution in [0.15, 0.2) is 18.2 Å². The first-order chi connectivity index (χ1) is 8.99. The van der Waals surface area contributed by atoms with Crippen molar-refractivity contribution in [1.29, 1.82) is 0 Å². The maximum Gasteiger partial charge on any atom is 0.304 e. The minimum Gasteiger partial charge on any atom is -0.394 e. The van der Waals surface area contributed by atoms with Crippen LogP contribution in [-0.4, -0.2) is 42.3 Å². The summed E-state index contributed by atoms with van der Waals surface area (Å²) < 4.78 is 18.1. The van der Waals surface area contributed by atoms with Crippen molar-refractivity contribution in [3.63, 3.8) is 0 Å². The van der Waals surface area contributed by atoms with E-state index in [0.29, 0.717) is 0 Å². The first kappa shape index (κ1) is 15.0. The standard InChI is InChI=1S/C11H13FN2O5/c1-19-6-8(5-15)13-11(16)7-2-3-10(14(17)18)9(12)4-7/h2-4,8,15H,5-6H2,1H3,(H,13,16). The number of ether oxygens (including phenoxy) is 1. The van der Waals surface area contributed by atoms with Crippen LogP contribution in [-0.2, 0) is 4.74 Å². The van der Waals surface area contributed by atoms with E-state index in [9.17, 15) is 19.3 Å². The minimum absolute atomic E-state index is 0.0716. The zero-order chi connectivity index (χ0) is 14.4. The molecule has 1 amide bonds. The van der Waals surface area contributed by atoms with E-state index in [0.717, 1.165) is 18.2 Å². The van der Waals surface area contributed by atoms with Crippen LogP contribution in [0, 0.1) is 15.9 Å². The van der Waals surface area contributed by atoms with Gasteiger partial charge in [-0.15, -0.1) is 0 Å². The number of halogens is 1. The van der Waals surface area contributed by atoms with Gasteiger partial charge in [0.1, 0.15) is 0 Å². The van der Waals surface area contributed by atoms with Crippen LogP contribution in [0.3, 0.4) is 0 Å². The zero-order valence-corrected chi connectivity index (χ0v) is 10.1. The highest BCUT2D eigenvalue weighted by atomic mass is 19.1. The summed E-state index contributed by atoms with van der Waals surface area (Å²) in [4.78, 5) is 21.3. The topological polar surface area (TPSA) is 102 Å². The fraction of sp³-hybridized carbons (Fsp3) is 0.364. The number of aliphatic hydroxyl groups is 1. The maximum absolute atomic E-state index is 13.3. The molecule has 1 rings (SSSR count). The van der Waals surface area contributed by atoms with E-state index in [4.69, 9.17) is 9.84 Å². The van der Waals surface area contributed by atoms with Crippen molar-refractivity contribution in [2.45, 2.75) is 6.04 Å². The van der Waals surface area contributed by atoms with E-state index < -0.39 is 28.4 Å². The summed E-state index contributed by atoms with van der Waals surface area (Å²) in [5.74, 6) is -1.74. The molecule has 0 aliphatic carbocycles. The second kappa shape index (κ2) is 6.76. The third kappa shape index (κ3) is 3.97. The van der Waals surface area contributed by atoms with E-state index in [-0.39, 0.29) is 18.8 Å². The molecular formula is C11H13FN2O5. The quantitative estimate of drug-likeness (QED) is 0.579. The Morgan fingerprint density at radius 3 is 2.79 bits per heavy atom. The first-order valence-corrected chi connectivity index (χ1v) is 5.34. The van der Waals surface area contributed by atoms with Crippen molar-refractivity contribution in [2.24, 2.45) is 0 Å². The van der Waals surface area contributed by atoms with Crippen molar-refractivity contribution >= 4 is 11.6 Å². The summed E-state index contributed by atoms with van der Waals surface area (Å²) in [5, 5.41) is 21.8. The number of carbonyl (C=O) groups is 1. The minimum atomic E-state index is -1.09. The van der Waals surface area contributed by atoms with Gasteiger partial charge in [0, 0.05) is 18.7 Å². The Bertz CT molecular complexity index is 480. The van der Waals surface area contributed by atoms with Crippen LogP contribution in [0.2, 0.25) is 0 Å². The molecule has 0 aliphatic rings. The van der Waals surface area contributed by atoms with E-state index in [1.54, 1.807) is 0 Å². The van der Waals surface area contributed by atoms with Crippen molar-refractivity contribution in [2.75, 3.05) is 20.3 Å². The molecule has 104 valence electrons. The molecule has 7 nitrogen and oxygen atoms in total. The number of aliphatic hydroxyl groups excluding tert-OH is 1. The van der Waals surface area contributed by atoms with Gasteiger partial charge in [0.15, 0.2) is 0 Å². The molecular weight excluding hydrogens is 259 g/mol. The highest BCUT2D eigenvalue weighted by Gasteiger charge is 2.18. The summed E-state index contributed by atoms with van der Waals surface area (Å²) in [7, 11) is 1.40. The summed E-state index contributed by atoms with van der Waals surface area (Å²) in [6.45, 7) is -0.243. The number of amides is 1. The number of nitrogens with zero attached hydrogens (tertiary/aromatic N) is 1. The van der Waals surface area contributed by atoms with Gasteiger partial charge >= 0.3 is 5.69 Å². The summed E-state index contributed by atoms with van der Waals surface area (Å²) >= 11 is 0. The molecule has 0 saturated carbocycles. The summed E-state index contributed by atoms with van der Waals surface area (Å²) in [6, 6.07) is 2.19. The third-order valence-corrected chi connectivity index (χ3v) is 2.33. The van der Waals surface area contributed by atoms with Gasteiger partial charge < -0.3 is 15.2 Å². The predicted molar refractivity (Wildman–Crippen MR) is 63.3 cm³/mol. The molecule has 1 atom stereocenters. The number of nitro groups is 1. The lowest BCUT2D eigenvalue weighted by atomic mass is 10.1. The van der Waals surface area contributed by atoms with Gasteiger partial charge in [-0.25, -0.2) is 0 Å². The Morgan fingerprint density at radius 1 is 1.63 bits per heavy atom. The number of carbonyl (C=O) groups excluding carboxylic acids is 1. The SMILES string of the molecule is COCC(CO)NC(=O)c1ccc([N+](=O)[O-])c(F)c1. The van der Waals surface area contributed by atoms with Crippen LogP contribution in [0.1, 0.15) is 10.4 Å². The Morgan fingerprint density at radius 2 is 2.32 bits per heavy atom. The largest absolute Gasteiger partial charge is 0.394 e. The number of rotatable bonds is 6. The molecule has 0 aromatic heterocycles. The molecule has 0 spiro atoms. The van der Waals surface area contributed by atoms with Gasteiger partial charge in [0.25, 0.3) is 5.91 Å². The van der Waals surface area contributed by atoms with Crippen molar-refractivity contribution in [1.82, 2.24) is 5.32 Å². The fourth-order valence-electron chi connectivity index (χ4n) is 1.41. The molecule has 1 unspecified atom stereocenters. The lowest BCUT2D eigenvalue weighted by Crippen LogP contribution is -2.40. The van der Waals surface area contributed by atoms with Crippen molar-refractivity contribution in [3.05, 3.63) is 39.7 Å². The second-order valence-corrected chi connectivity index (χ2v) is 3.73. The van der Waals surface area contributed by atoms with E-state index in [2.05, 4.69) is 5.32 Å². The van der Waals surface area contributed by atoms with Crippen LogP contribution >= 0.6 is 0 Å². The summed E-state index contributed by atoms with van der Waals surface area (Å²) in [5.41, 5.74) is -0.773. The van der Waals surface area contributed by atoms with Gasteiger partial charge in [0.05, 0.1) is 24.2 Å². The highest BCUT2D eigenvalue weighted by molar-refractivity contribution is 5.94. The number of methoxy groups -OCH3 is 1. The van der Waals surface area contributed by atoms with Crippen molar-refractivity contribution in [3.8, 4) is 0 Å². The second-order valence-electron chi connectivity index (χ2n) is 3.73. The van der Waals surface area contributed by atoms with Gasteiger partial charge in [-0.3, -0.25) is 14.9 Å². The molecule has 0 saturated heterocycles. The van der Waals surface area contributed by atoms with Crippen LogP contribution in [0.5, 0.6) is 0 Å². The smallest absolute Gasteiger partial charge is 0.304 e. The predicted octanol–water partition coefficient (Wildman–Crippen LogP) is 0.471. The molecule has 0 radical (unpaired) electrons. The first-order valence-electron chi connectivity index (χ1n) is 5.34. The third-order valence-electron chi connectivity index (χ3n) is 2.33. The van der Waals surface area contributed by atoms with Gasteiger partial charge in [-0.05, 0) is 12.1 Å². The number of benzene rings is 1. The lowest BCUT2D eigenvalue weighted by Gasteiger charge is -2.15. The van der Waals surface area contributed by atoms with E-state index >= 15 is 0 Å². The number of nitro benzene ring substituents is 1.